The smallest absolute Gasteiger partial charge is 0.211 e. The number of rotatable bonds is 7. The lowest BCUT2D eigenvalue weighted by Crippen LogP contribution is -2.35. The number of anilines is 5. The monoisotopic (exact) mass is 1040 g/mol. The van der Waals surface area contributed by atoms with Crippen LogP contribution in [0.25, 0.3) is 92.9 Å². The van der Waals surface area contributed by atoms with Gasteiger partial charge in [0.2, 0.25) is 7.28 Å². The predicted octanol–water partition coefficient (Wildman–Crippen LogP) is 19.0. The Morgan fingerprint density at radius 1 is 0.532 bits per heavy atom. The van der Waals surface area contributed by atoms with Crippen LogP contribution in [-0.4, -0.2) is 11.8 Å². The average Bonchev–Trinajstić information content (AvgIpc) is 2.68. The van der Waals surface area contributed by atoms with Gasteiger partial charge in [-0.25, -0.2) is 0 Å². The molecule has 0 bridgehead atoms. The van der Waals surface area contributed by atoms with Gasteiger partial charge in [0.1, 0.15) is 11.2 Å². The van der Waals surface area contributed by atoms with Crippen molar-refractivity contribution in [3.63, 3.8) is 0 Å². The molecule has 1 aliphatic heterocycles. The number of hydrogen-bond acceptors (Lipinski definition) is 4. The summed E-state index contributed by atoms with van der Waals surface area (Å²) >= 11 is 1.94. The SMILES string of the molecule is CC(C)(C)c1ccc(Nc2cc3c(cc2-c2c4c5c(c6cc(C(C)(C)C)ccc6n5-c5c(sc6ccc(-c7ccccc7)cc56)B4)c4oc5ccccc5c24)-c2ccc(N(c4ccccc4)c4ccccc4)cc2C3(C)C)cc1. The minimum Gasteiger partial charge on any atom is -0.455 e. The van der Waals surface area contributed by atoms with Crippen molar-refractivity contribution in [1.82, 2.24) is 4.57 Å². The summed E-state index contributed by atoms with van der Waals surface area (Å²) in [5.74, 6) is 0. The molecule has 1 N–H and O–H groups in total. The van der Waals surface area contributed by atoms with Gasteiger partial charge >= 0.3 is 0 Å². The van der Waals surface area contributed by atoms with Crippen molar-refractivity contribution in [2.75, 3.05) is 10.2 Å². The van der Waals surface area contributed by atoms with E-state index in [0.29, 0.717) is 0 Å². The summed E-state index contributed by atoms with van der Waals surface area (Å²) in [5.41, 5.74) is 24.6. The molecule has 6 heteroatoms. The van der Waals surface area contributed by atoms with E-state index in [1.807, 2.05) is 11.3 Å². The molecule has 0 unspecified atom stereocenters. The zero-order chi connectivity index (χ0) is 53.7. The molecule has 10 aromatic carbocycles. The van der Waals surface area contributed by atoms with E-state index in [9.17, 15) is 0 Å². The number of benzene rings is 10. The standard InChI is InChI=1S/C73H60BN3OS/c1-71(2,3)45-29-32-47(33-30-45)75-59-42-58-53(51-35-34-50(40-57(51)73(58,7)8)76(48-22-14-10-15-23-48)49-24-16-11-17-25-49)41-54(59)63-64-52-26-18-19-27-61(52)78-69(64)65-55-39-46(72(4,5)6)31-36-60(55)77-67-56-38-44(43-20-12-9-13-21-43)28-37-62(56)79-70(67)74-66(63)68(65)77/h9-42,74-75H,1-8H3. The van der Waals surface area contributed by atoms with Crippen LogP contribution in [0.2, 0.25) is 0 Å². The van der Waals surface area contributed by atoms with Crippen LogP contribution in [0, 0.1) is 0 Å². The first-order chi connectivity index (χ1) is 38.2. The van der Waals surface area contributed by atoms with Gasteiger partial charge in [0.15, 0.2) is 0 Å². The largest absolute Gasteiger partial charge is 0.455 e. The molecule has 0 saturated carbocycles. The van der Waals surface area contributed by atoms with Gasteiger partial charge < -0.3 is 19.2 Å². The van der Waals surface area contributed by atoms with Crippen LogP contribution in [0.15, 0.2) is 211 Å². The first-order valence-electron chi connectivity index (χ1n) is 27.9. The van der Waals surface area contributed by atoms with Gasteiger partial charge in [0, 0.05) is 65.7 Å². The van der Waals surface area contributed by atoms with Crippen molar-refractivity contribution >= 4 is 111 Å². The second-order valence-electron chi connectivity index (χ2n) is 24.6. The van der Waals surface area contributed by atoms with Crippen molar-refractivity contribution < 1.29 is 4.42 Å². The second-order valence-corrected chi connectivity index (χ2v) is 25.7. The lowest BCUT2D eigenvalue weighted by molar-refractivity contribution is 0.590. The van der Waals surface area contributed by atoms with Gasteiger partial charge in [-0.2, -0.15) is 0 Å². The molecule has 2 aliphatic rings. The molecule has 0 amide bonds. The summed E-state index contributed by atoms with van der Waals surface area (Å²) in [6.45, 7) is 18.6. The maximum absolute atomic E-state index is 7.39. The highest BCUT2D eigenvalue weighted by Crippen LogP contribution is 2.55. The van der Waals surface area contributed by atoms with Crippen LogP contribution in [0.3, 0.4) is 0 Å². The van der Waals surface area contributed by atoms with Gasteiger partial charge in [0.25, 0.3) is 0 Å². The molecule has 0 spiro atoms. The van der Waals surface area contributed by atoms with E-state index in [2.05, 4.69) is 276 Å². The molecular formula is C73H60BN3OS. The van der Waals surface area contributed by atoms with Gasteiger partial charge in [0.05, 0.1) is 22.1 Å². The van der Waals surface area contributed by atoms with Gasteiger partial charge in [-0.05, 0) is 162 Å². The predicted molar refractivity (Wildman–Crippen MR) is 340 cm³/mol. The zero-order valence-electron chi connectivity index (χ0n) is 46.0. The number of hydrogen-bond donors (Lipinski definition) is 1. The minimum absolute atomic E-state index is 0.0230. The number of thiophene rings is 1. The Balaban J connectivity index is 1.04. The van der Waals surface area contributed by atoms with Crippen molar-refractivity contribution in [2.45, 2.75) is 71.6 Å². The molecule has 382 valence electrons. The molecule has 4 nitrogen and oxygen atoms in total. The van der Waals surface area contributed by atoms with Crippen LogP contribution >= 0.6 is 11.3 Å². The van der Waals surface area contributed by atoms with Crippen LogP contribution in [0.5, 0.6) is 0 Å². The third-order valence-corrected chi connectivity index (χ3v) is 18.4. The fraction of sp³-hybridized carbons (Fsp3) is 0.151. The van der Waals surface area contributed by atoms with E-state index in [1.54, 1.807) is 0 Å². The fourth-order valence-electron chi connectivity index (χ4n) is 13.2. The fourth-order valence-corrected chi connectivity index (χ4v) is 14.4. The molecule has 3 aromatic heterocycles. The number of aromatic nitrogens is 1. The highest BCUT2D eigenvalue weighted by atomic mass is 32.1. The van der Waals surface area contributed by atoms with E-state index < -0.39 is 0 Å². The number of furan rings is 1. The number of nitrogens with one attached hydrogen (secondary N) is 1. The average molecular weight is 1040 g/mol. The van der Waals surface area contributed by atoms with E-state index in [4.69, 9.17) is 4.42 Å². The number of para-hydroxylation sites is 3. The highest BCUT2D eigenvalue weighted by Gasteiger charge is 2.39. The molecular weight excluding hydrogens is 978 g/mol. The van der Waals surface area contributed by atoms with Gasteiger partial charge in [-0.15, -0.1) is 11.3 Å². The second kappa shape index (κ2) is 17.2. The molecule has 0 radical (unpaired) electrons. The molecule has 0 saturated heterocycles. The van der Waals surface area contributed by atoms with Gasteiger partial charge in [-0.1, -0.05) is 171 Å². The van der Waals surface area contributed by atoms with E-state index in [-0.39, 0.29) is 16.2 Å². The maximum atomic E-state index is 7.39. The van der Waals surface area contributed by atoms with E-state index in [1.165, 1.54) is 97.9 Å². The van der Waals surface area contributed by atoms with Gasteiger partial charge in [-0.3, -0.25) is 0 Å². The summed E-state index contributed by atoms with van der Waals surface area (Å²) < 4.78 is 12.7. The molecule has 1 aliphatic carbocycles. The summed E-state index contributed by atoms with van der Waals surface area (Å²) in [7, 11) is 0.774. The topological polar surface area (TPSA) is 33.3 Å². The molecule has 4 heterocycles. The summed E-state index contributed by atoms with van der Waals surface area (Å²) in [5, 5.41) is 10.1. The Kier molecular flexibility index (Phi) is 10.4. The Bertz CT molecular complexity index is 4590. The van der Waals surface area contributed by atoms with Crippen molar-refractivity contribution in [3.8, 4) is 39.1 Å². The Morgan fingerprint density at radius 3 is 1.90 bits per heavy atom. The van der Waals surface area contributed by atoms with E-state index in [0.717, 1.165) is 63.2 Å². The summed E-state index contributed by atoms with van der Waals surface area (Å²) in [6.07, 6.45) is 0. The third-order valence-electron chi connectivity index (χ3n) is 17.3. The first kappa shape index (κ1) is 47.6. The molecule has 79 heavy (non-hydrogen) atoms. The molecule has 0 atom stereocenters. The highest BCUT2D eigenvalue weighted by molar-refractivity contribution is 7.29. The quantitative estimate of drug-likeness (QED) is 0.162. The number of fused-ring (bicyclic) bond motifs is 14. The third kappa shape index (κ3) is 7.34. The van der Waals surface area contributed by atoms with Crippen molar-refractivity contribution in [1.29, 1.82) is 0 Å². The summed E-state index contributed by atoms with van der Waals surface area (Å²) in [6, 6.07) is 76.6. The maximum Gasteiger partial charge on any atom is 0.211 e. The molecule has 0 fully saturated rings. The lowest BCUT2D eigenvalue weighted by atomic mass is 9.62. The normalized spacial score (nSPS) is 13.5. The number of nitrogens with zero attached hydrogens (tertiary/aromatic N) is 2. The molecule has 15 rings (SSSR count). The van der Waals surface area contributed by atoms with Crippen LogP contribution in [-0.2, 0) is 16.2 Å². The van der Waals surface area contributed by atoms with Crippen molar-refractivity contribution in [2.24, 2.45) is 0 Å². The molecule has 13 aromatic rings. The van der Waals surface area contributed by atoms with Crippen LogP contribution in [0.4, 0.5) is 28.4 Å². The van der Waals surface area contributed by atoms with E-state index >= 15 is 0 Å². The summed E-state index contributed by atoms with van der Waals surface area (Å²) in [4.78, 5) is 2.38. The zero-order valence-corrected chi connectivity index (χ0v) is 46.9. The van der Waals surface area contributed by atoms with Crippen molar-refractivity contribution in [3.05, 3.63) is 229 Å². The Labute approximate surface area is 466 Å². The Hall–Kier alpha value is -8.58. The van der Waals surface area contributed by atoms with Crippen LogP contribution in [0.1, 0.15) is 77.6 Å². The minimum atomic E-state index is -0.331. The first-order valence-corrected chi connectivity index (χ1v) is 28.7. The van der Waals surface area contributed by atoms with Crippen LogP contribution < -0.4 is 20.5 Å². The Morgan fingerprint density at radius 2 is 1.19 bits per heavy atom. The lowest BCUT2D eigenvalue weighted by Gasteiger charge is -2.28.